The van der Waals surface area contributed by atoms with Crippen molar-refractivity contribution in [2.45, 2.75) is 11.9 Å². The van der Waals surface area contributed by atoms with Gasteiger partial charge in [0, 0.05) is 5.69 Å². The molecule has 0 amide bonds. The fourth-order valence-electron chi connectivity index (χ4n) is 1.58. The van der Waals surface area contributed by atoms with E-state index in [1.54, 1.807) is 0 Å². The molecule has 0 saturated heterocycles. The van der Waals surface area contributed by atoms with Gasteiger partial charge >= 0.3 is 0 Å². The zero-order chi connectivity index (χ0) is 13.0. The van der Waals surface area contributed by atoms with Crippen molar-refractivity contribution in [3.8, 4) is 6.07 Å². The van der Waals surface area contributed by atoms with Crippen LogP contribution < -0.4 is 5.32 Å². The lowest BCUT2D eigenvalue weighted by Crippen LogP contribution is -2.00. The molecule has 0 unspecified atom stereocenters. The van der Waals surface area contributed by atoms with Gasteiger partial charge < -0.3 is 5.32 Å². The lowest BCUT2D eigenvalue weighted by atomic mass is 10.2. The second-order valence-corrected chi connectivity index (χ2v) is 4.51. The van der Waals surface area contributed by atoms with Crippen LogP contribution in [0.15, 0.2) is 35.6 Å². The third-order valence-corrected chi connectivity index (χ3v) is 3.09. The van der Waals surface area contributed by atoms with Gasteiger partial charge in [-0.25, -0.2) is 9.97 Å². The molecule has 2 rings (SSSR count). The summed E-state index contributed by atoms with van der Waals surface area (Å²) in [6.45, 7) is 2.02. The van der Waals surface area contributed by atoms with Crippen molar-refractivity contribution in [3.05, 3.63) is 41.7 Å². The predicted molar refractivity (Wildman–Crippen MR) is 73.0 cm³/mol. The summed E-state index contributed by atoms with van der Waals surface area (Å²) in [7, 11) is 0. The van der Waals surface area contributed by atoms with Gasteiger partial charge in [0.1, 0.15) is 23.0 Å². The molecule has 0 radical (unpaired) electrons. The summed E-state index contributed by atoms with van der Waals surface area (Å²) >= 11 is 1.43. The first kappa shape index (κ1) is 12.4. The highest BCUT2D eigenvalue weighted by molar-refractivity contribution is 7.98. The van der Waals surface area contributed by atoms with Crippen LogP contribution in [0.1, 0.15) is 11.1 Å². The summed E-state index contributed by atoms with van der Waals surface area (Å²) in [6, 6.07) is 10.1. The van der Waals surface area contributed by atoms with Gasteiger partial charge in [-0.3, -0.25) is 0 Å². The van der Waals surface area contributed by atoms with Crippen LogP contribution in [0.4, 0.5) is 11.5 Å². The van der Waals surface area contributed by atoms with Gasteiger partial charge in [-0.1, -0.05) is 12.1 Å². The van der Waals surface area contributed by atoms with Gasteiger partial charge in [0.25, 0.3) is 0 Å². The average molecular weight is 256 g/mol. The molecule has 1 N–H and O–H groups in total. The fourth-order valence-corrected chi connectivity index (χ4v) is 2.08. The molecule has 0 atom stereocenters. The zero-order valence-electron chi connectivity index (χ0n) is 10.1. The first-order valence-corrected chi connectivity index (χ1v) is 6.60. The van der Waals surface area contributed by atoms with E-state index in [0.29, 0.717) is 16.4 Å². The quantitative estimate of drug-likeness (QED) is 0.675. The maximum atomic E-state index is 9.18. The van der Waals surface area contributed by atoms with Crippen LogP contribution in [0.5, 0.6) is 0 Å². The first-order valence-electron chi connectivity index (χ1n) is 5.37. The smallest absolute Gasteiger partial charge is 0.152 e. The topological polar surface area (TPSA) is 61.6 Å². The van der Waals surface area contributed by atoms with Gasteiger partial charge in [0.05, 0.1) is 0 Å². The minimum atomic E-state index is 0.478. The second kappa shape index (κ2) is 5.52. The third kappa shape index (κ3) is 2.60. The number of benzene rings is 1. The lowest BCUT2D eigenvalue weighted by molar-refractivity contribution is 1.03. The normalized spacial score (nSPS) is 9.83. The molecule has 1 aromatic carbocycles. The summed E-state index contributed by atoms with van der Waals surface area (Å²) in [6.07, 6.45) is 3.35. The van der Waals surface area contributed by atoms with Gasteiger partial charge in [-0.15, -0.1) is 11.8 Å². The minimum Gasteiger partial charge on any atom is -0.339 e. The standard InChI is InChI=1S/C13H12N4S/c1-9-4-3-5-10(6-9)17-12-11(7-14)13(18-2)16-8-15-12/h3-6,8H,1-2H3,(H,15,16,17). The Morgan fingerprint density at radius 2 is 2.17 bits per heavy atom. The number of aromatic nitrogens is 2. The second-order valence-electron chi connectivity index (χ2n) is 3.71. The van der Waals surface area contributed by atoms with E-state index >= 15 is 0 Å². The van der Waals surface area contributed by atoms with Crippen LogP contribution in [-0.4, -0.2) is 16.2 Å². The number of nitrogens with zero attached hydrogens (tertiary/aromatic N) is 3. The number of aryl methyl sites for hydroxylation is 1. The van der Waals surface area contributed by atoms with Crippen molar-refractivity contribution in [3.63, 3.8) is 0 Å². The number of anilines is 2. The van der Waals surface area contributed by atoms with Crippen molar-refractivity contribution >= 4 is 23.3 Å². The van der Waals surface area contributed by atoms with Gasteiger partial charge in [0.15, 0.2) is 5.82 Å². The van der Waals surface area contributed by atoms with E-state index < -0.39 is 0 Å². The summed E-state index contributed by atoms with van der Waals surface area (Å²) in [5.74, 6) is 0.544. The van der Waals surface area contributed by atoms with Gasteiger partial charge in [-0.2, -0.15) is 5.26 Å². The third-order valence-electron chi connectivity index (χ3n) is 2.40. The van der Waals surface area contributed by atoms with Crippen molar-refractivity contribution in [2.24, 2.45) is 0 Å². The Balaban J connectivity index is 2.38. The van der Waals surface area contributed by atoms with E-state index in [-0.39, 0.29) is 0 Å². The maximum absolute atomic E-state index is 9.18. The van der Waals surface area contributed by atoms with Crippen LogP contribution in [0.2, 0.25) is 0 Å². The van der Waals surface area contributed by atoms with Crippen molar-refractivity contribution in [1.29, 1.82) is 5.26 Å². The Kier molecular flexibility index (Phi) is 3.80. The van der Waals surface area contributed by atoms with E-state index in [1.807, 2.05) is 37.4 Å². The first-order chi connectivity index (χ1) is 8.74. The highest BCUT2D eigenvalue weighted by Crippen LogP contribution is 2.24. The molecule has 4 nitrogen and oxygen atoms in total. The molecule has 0 aliphatic carbocycles. The predicted octanol–water partition coefficient (Wildman–Crippen LogP) is 3.12. The van der Waals surface area contributed by atoms with Crippen molar-refractivity contribution in [2.75, 3.05) is 11.6 Å². The number of thioether (sulfide) groups is 1. The summed E-state index contributed by atoms with van der Waals surface area (Å²) in [4.78, 5) is 8.20. The Morgan fingerprint density at radius 1 is 1.33 bits per heavy atom. The number of nitrogens with one attached hydrogen (secondary N) is 1. The number of rotatable bonds is 3. The largest absolute Gasteiger partial charge is 0.339 e. The molecule has 90 valence electrons. The maximum Gasteiger partial charge on any atom is 0.152 e. The molecular weight excluding hydrogens is 244 g/mol. The van der Waals surface area contributed by atoms with Crippen molar-refractivity contribution < 1.29 is 0 Å². The van der Waals surface area contributed by atoms with E-state index in [1.165, 1.54) is 18.1 Å². The fraction of sp³-hybridized carbons (Fsp3) is 0.154. The van der Waals surface area contributed by atoms with Gasteiger partial charge in [-0.05, 0) is 30.9 Å². The van der Waals surface area contributed by atoms with E-state index in [9.17, 15) is 5.26 Å². The van der Waals surface area contributed by atoms with Crippen LogP contribution in [0, 0.1) is 18.3 Å². The highest BCUT2D eigenvalue weighted by Gasteiger charge is 2.10. The summed E-state index contributed by atoms with van der Waals surface area (Å²) in [5.41, 5.74) is 2.54. The van der Waals surface area contributed by atoms with Crippen LogP contribution in [-0.2, 0) is 0 Å². The highest BCUT2D eigenvalue weighted by atomic mass is 32.2. The van der Waals surface area contributed by atoms with E-state index in [4.69, 9.17) is 0 Å². The molecular formula is C13H12N4S. The number of hydrogen-bond acceptors (Lipinski definition) is 5. The summed E-state index contributed by atoms with van der Waals surface area (Å²) in [5, 5.41) is 13.0. The van der Waals surface area contributed by atoms with Gasteiger partial charge in [0.2, 0.25) is 0 Å². The zero-order valence-corrected chi connectivity index (χ0v) is 11.0. The van der Waals surface area contributed by atoms with E-state index in [0.717, 1.165) is 11.3 Å². The molecule has 0 spiro atoms. The molecule has 0 aliphatic rings. The number of nitriles is 1. The Bertz CT molecular complexity index is 604. The minimum absolute atomic E-state index is 0.478. The van der Waals surface area contributed by atoms with Crippen LogP contribution in [0.3, 0.4) is 0 Å². The molecule has 5 heteroatoms. The molecule has 2 aromatic rings. The molecule has 0 fully saturated rings. The SMILES string of the molecule is CSc1ncnc(Nc2cccc(C)c2)c1C#N. The molecule has 18 heavy (non-hydrogen) atoms. The molecule has 1 heterocycles. The monoisotopic (exact) mass is 256 g/mol. The Labute approximate surface area is 110 Å². The Morgan fingerprint density at radius 3 is 2.83 bits per heavy atom. The molecule has 1 aromatic heterocycles. The lowest BCUT2D eigenvalue weighted by Gasteiger charge is -2.09. The molecule has 0 bridgehead atoms. The Hall–Kier alpha value is -2.06. The van der Waals surface area contributed by atoms with E-state index in [2.05, 4.69) is 21.4 Å². The van der Waals surface area contributed by atoms with Crippen LogP contribution >= 0.6 is 11.8 Å². The molecule has 0 aliphatic heterocycles. The summed E-state index contributed by atoms with van der Waals surface area (Å²) < 4.78 is 0. The molecule has 0 saturated carbocycles. The van der Waals surface area contributed by atoms with Crippen LogP contribution in [0.25, 0.3) is 0 Å². The number of hydrogen-bond donors (Lipinski definition) is 1. The van der Waals surface area contributed by atoms with Crippen molar-refractivity contribution in [1.82, 2.24) is 9.97 Å². The average Bonchev–Trinajstić information content (AvgIpc) is 2.38.